The molecule has 4 heterocycles. The lowest BCUT2D eigenvalue weighted by Gasteiger charge is -2.31. The minimum Gasteiger partial charge on any atom is -0.340 e. The first-order valence-corrected chi connectivity index (χ1v) is 10.5. The number of amides is 1. The van der Waals surface area contributed by atoms with Crippen LogP contribution in [0.5, 0.6) is 0 Å². The van der Waals surface area contributed by atoms with E-state index >= 15 is 0 Å². The number of nitrogens with zero attached hydrogens (tertiary/aromatic N) is 4. The molecule has 158 valence electrons. The van der Waals surface area contributed by atoms with E-state index in [0.29, 0.717) is 36.8 Å². The van der Waals surface area contributed by atoms with Gasteiger partial charge in [-0.25, -0.2) is 14.4 Å². The van der Waals surface area contributed by atoms with E-state index in [1.165, 1.54) is 12.1 Å². The summed E-state index contributed by atoms with van der Waals surface area (Å²) in [5.74, 6) is 1.06. The highest BCUT2D eigenvalue weighted by molar-refractivity contribution is 5.80. The Balaban J connectivity index is 1.51. The molecule has 0 unspecified atom stereocenters. The average molecular weight is 418 g/mol. The van der Waals surface area contributed by atoms with Gasteiger partial charge in [-0.3, -0.25) is 9.78 Å². The molecule has 1 fully saturated rings. The van der Waals surface area contributed by atoms with Crippen LogP contribution in [0.1, 0.15) is 17.7 Å². The third-order valence-corrected chi connectivity index (χ3v) is 5.81. The quantitative estimate of drug-likeness (QED) is 0.678. The Hall–Kier alpha value is -3.39. The maximum absolute atomic E-state index is 13.8. The van der Waals surface area contributed by atoms with Gasteiger partial charge in [-0.15, -0.1) is 0 Å². The molecule has 31 heavy (non-hydrogen) atoms. The van der Waals surface area contributed by atoms with Gasteiger partial charge in [-0.2, -0.15) is 0 Å². The number of halogens is 1. The number of fused-ring (bicyclic) bond motifs is 1. The molecule has 0 spiro atoms. The Labute approximate surface area is 179 Å². The third-order valence-electron chi connectivity index (χ3n) is 5.81. The zero-order valence-electron chi connectivity index (χ0n) is 17.0. The predicted molar refractivity (Wildman–Crippen MR) is 115 cm³/mol. The Kier molecular flexibility index (Phi) is 5.30. The molecule has 0 aliphatic carbocycles. The Morgan fingerprint density at radius 1 is 1.19 bits per heavy atom. The molecule has 1 saturated heterocycles. The van der Waals surface area contributed by atoms with E-state index in [4.69, 9.17) is 9.97 Å². The first kappa shape index (κ1) is 19.6. The molecule has 2 aliphatic heterocycles. The van der Waals surface area contributed by atoms with Gasteiger partial charge in [0.15, 0.2) is 5.82 Å². The number of benzene rings is 1. The van der Waals surface area contributed by atoms with Crippen molar-refractivity contribution in [1.82, 2.24) is 25.2 Å². The second-order valence-corrected chi connectivity index (χ2v) is 7.89. The van der Waals surface area contributed by atoms with Gasteiger partial charge in [0.1, 0.15) is 11.6 Å². The number of anilines is 2. The third kappa shape index (κ3) is 4.11. The summed E-state index contributed by atoms with van der Waals surface area (Å²) in [4.78, 5) is 28.5. The lowest BCUT2D eigenvalue weighted by atomic mass is 10.0. The monoisotopic (exact) mass is 418 g/mol. The summed E-state index contributed by atoms with van der Waals surface area (Å²) in [6.45, 7) is 2.69. The van der Waals surface area contributed by atoms with E-state index in [2.05, 4.69) is 15.6 Å². The molecule has 0 saturated carbocycles. The van der Waals surface area contributed by atoms with Crippen molar-refractivity contribution in [3.05, 3.63) is 65.9 Å². The summed E-state index contributed by atoms with van der Waals surface area (Å²) >= 11 is 0. The highest BCUT2D eigenvalue weighted by Gasteiger charge is 2.31. The highest BCUT2D eigenvalue weighted by atomic mass is 19.1. The summed E-state index contributed by atoms with van der Waals surface area (Å²) in [6, 6.07) is 9.99. The molecular weight excluding hydrogens is 395 g/mol. The van der Waals surface area contributed by atoms with E-state index in [9.17, 15) is 9.18 Å². The van der Waals surface area contributed by atoms with E-state index in [0.717, 1.165) is 36.3 Å². The highest BCUT2D eigenvalue weighted by Crippen LogP contribution is 2.30. The fourth-order valence-electron chi connectivity index (χ4n) is 4.16. The molecule has 0 radical (unpaired) electrons. The van der Waals surface area contributed by atoms with Crippen LogP contribution in [-0.2, 0) is 17.8 Å². The largest absolute Gasteiger partial charge is 0.340 e. The molecule has 1 aromatic carbocycles. The van der Waals surface area contributed by atoms with Gasteiger partial charge in [0, 0.05) is 48.7 Å². The molecule has 1 amide bonds. The van der Waals surface area contributed by atoms with Gasteiger partial charge in [0.25, 0.3) is 0 Å². The van der Waals surface area contributed by atoms with Crippen LogP contribution in [0.15, 0.2) is 48.8 Å². The number of carbonyl (C=O) groups excluding carboxylic acids is 1. The number of nitrogens with one attached hydrogen (secondary N) is 2. The average Bonchev–Trinajstić information content (AvgIpc) is 3.34. The summed E-state index contributed by atoms with van der Waals surface area (Å²) in [5.41, 5.74) is 3.25. The molecule has 3 aromatic rings. The van der Waals surface area contributed by atoms with Crippen LogP contribution < -0.4 is 10.6 Å². The standard InChI is InChI=1S/C23H23FN6O/c24-17-2-1-3-18(12-17)27-22-19-14-30(23(31)16-6-10-26-13-16)11-7-20(19)28-21(29-22)15-4-8-25-9-5-15/h1-5,8-9,12,16,26H,6-7,10-11,13-14H2,(H,27,28,29)/t16-/m0/s1. The summed E-state index contributed by atoms with van der Waals surface area (Å²) in [7, 11) is 0. The van der Waals surface area contributed by atoms with Crippen LogP contribution in [0.3, 0.4) is 0 Å². The lowest BCUT2D eigenvalue weighted by molar-refractivity contribution is -0.135. The first-order valence-electron chi connectivity index (χ1n) is 10.5. The number of pyridine rings is 1. The van der Waals surface area contributed by atoms with Crippen molar-refractivity contribution >= 4 is 17.4 Å². The number of hydrogen-bond acceptors (Lipinski definition) is 6. The predicted octanol–water partition coefficient (Wildman–Crippen LogP) is 2.92. The summed E-state index contributed by atoms with van der Waals surface area (Å²) < 4.78 is 13.8. The smallest absolute Gasteiger partial charge is 0.227 e. The minimum atomic E-state index is -0.326. The van der Waals surface area contributed by atoms with Gasteiger partial charge in [-0.05, 0) is 43.3 Å². The van der Waals surface area contributed by atoms with E-state index in [1.54, 1.807) is 24.5 Å². The Morgan fingerprint density at radius 3 is 2.84 bits per heavy atom. The van der Waals surface area contributed by atoms with Crippen LogP contribution in [0.4, 0.5) is 15.9 Å². The van der Waals surface area contributed by atoms with E-state index < -0.39 is 0 Å². The fraction of sp³-hybridized carbons (Fsp3) is 0.304. The molecule has 2 aromatic heterocycles. The number of aromatic nitrogens is 3. The van der Waals surface area contributed by atoms with Crippen LogP contribution >= 0.6 is 0 Å². The van der Waals surface area contributed by atoms with Crippen LogP contribution in [-0.4, -0.2) is 45.4 Å². The van der Waals surface area contributed by atoms with Gasteiger partial charge in [0.2, 0.25) is 5.91 Å². The topological polar surface area (TPSA) is 83.0 Å². The molecule has 2 N–H and O–H groups in total. The normalized spacial score (nSPS) is 18.0. The Bertz CT molecular complexity index is 1100. The molecule has 0 bridgehead atoms. The van der Waals surface area contributed by atoms with Crippen molar-refractivity contribution < 1.29 is 9.18 Å². The first-order chi connectivity index (χ1) is 15.2. The second kappa shape index (κ2) is 8.39. The second-order valence-electron chi connectivity index (χ2n) is 7.89. The molecule has 1 atom stereocenters. The number of rotatable bonds is 4. The van der Waals surface area contributed by atoms with Crippen molar-refractivity contribution in [3.8, 4) is 11.4 Å². The minimum absolute atomic E-state index is 0.0261. The van der Waals surface area contributed by atoms with E-state index in [1.807, 2.05) is 17.0 Å². The van der Waals surface area contributed by atoms with Gasteiger partial charge < -0.3 is 15.5 Å². The van der Waals surface area contributed by atoms with Crippen LogP contribution in [0.25, 0.3) is 11.4 Å². The van der Waals surface area contributed by atoms with Crippen molar-refractivity contribution in [3.63, 3.8) is 0 Å². The maximum Gasteiger partial charge on any atom is 0.227 e. The zero-order valence-corrected chi connectivity index (χ0v) is 17.0. The number of hydrogen-bond donors (Lipinski definition) is 2. The van der Waals surface area contributed by atoms with Crippen LogP contribution in [0, 0.1) is 11.7 Å². The maximum atomic E-state index is 13.8. The van der Waals surface area contributed by atoms with Crippen molar-refractivity contribution in [2.45, 2.75) is 19.4 Å². The SMILES string of the molecule is O=C([C@H]1CCNC1)N1CCc2nc(-c3ccncc3)nc(Nc3cccc(F)c3)c2C1. The lowest BCUT2D eigenvalue weighted by Crippen LogP contribution is -2.41. The summed E-state index contributed by atoms with van der Waals surface area (Å²) in [6.07, 6.45) is 4.93. The summed E-state index contributed by atoms with van der Waals surface area (Å²) in [5, 5.41) is 6.52. The zero-order chi connectivity index (χ0) is 21.2. The van der Waals surface area contributed by atoms with E-state index in [-0.39, 0.29) is 17.6 Å². The Morgan fingerprint density at radius 2 is 2.06 bits per heavy atom. The number of carbonyl (C=O) groups is 1. The molecule has 5 rings (SSSR count). The van der Waals surface area contributed by atoms with Gasteiger partial charge in [0.05, 0.1) is 18.2 Å². The van der Waals surface area contributed by atoms with Gasteiger partial charge in [-0.1, -0.05) is 6.07 Å². The molecular formula is C23H23FN6O. The van der Waals surface area contributed by atoms with Crippen molar-refractivity contribution in [2.24, 2.45) is 5.92 Å². The molecule has 8 heteroatoms. The van der Waals surface area contributed by atoms with Gasteiger partial charge >= 0.3 is 0 Å². The van der Waals surface area contributed by atoms with Crippen LogP contribution in [0.2, 0.25) is 0 Å². The molecule has 2 aliphatic rings. The van der Waals surface area contributed by atoms with Crippen molar-refractivity contribution in [2.75, 3.05) is 25.0 Å². The molecule has 7 nitrogen and oxygen atoms in total. The fourth-order valence-corrected chi connectivity index (χ4v) is 4.16. The van der Waals surface area contributed by atoms with Crippen molar-refractivity contribution in [1.29, 1.82) is 0 Å².